The fourth-order valence-corrected chi connectivity index (χ4v) is 3.22. The van der Waals surface area contributed by atoms with Crippen LogP contribution in [-0.2, 0) is 14.3 Å². The summed E-state index contributed by atoms with van der Waals surface area (Å²) >= 11 is 0. The monoisotopic (exact) mass is 346 g/mol. The minimum Gasteiger partial charge on any atom is -0.375 e. The number of nitrogens with one attached hydrogen (secondary N) is 1. The number of hydrogen-bond acceptors (Lipinski definition) is 3. The summed E-state index contributed by atoms with van der Waals surface area (Å²) in [4.78, 5) is 26.8. The Morgan fingerprint density at radius 3 is 2.68 bits per heavy atom. The SMILES string of the molecule is CC[C@H](C)C(=O)N1CCC[C@@H](C(=O)NC[C@@H](OC)c2ccccc2)C1. The summed E-state index contributed by atoms with van der Waals surface area (Å²) in [7, 11) is 1.65. The number of benzene rings is 1. The van der Waals surface area contributed by atoms with E-state index >= 15 is 0 Å². The Bertz CT molecular complexity index is 561. The van der Waals surface area contributed by atoms with Crippen molar-refractivity contribution in [1.82, 2.24) is 10.2 Å². The summed E-state index contributed by atoms with van der Waals surface area (Å²) in [6.45, 7) is 5.70. The van der Waals surface area contributed by atoms with Crippen LogP contribution in [0, 0.1) is 11.8 Å². The number of hydrogen-bond donors (Lipinski definition) is 1. The molecule has 2 amide bonds. The molecule has 2 rings (SSSR count). The van der Waals surface area contributed by atoms with E-state index in [1.165, 1.54) is 0 Å². The van der Waals surface area contributed by atoms with Gasteiger partial charge in [-0.3, -0.25) is 9.59 Å². The highest BCUT2D eigenvalue weighted by molar-refractivity contribution is 5.82. The van der Waals surface area contributed by atoms with Crippen LogP contribution < -0.4 is 5.32 Å². The molecule has 1 N–H and O–H groups in total. The van der Waals surface area contributed by atoms with Gasteiger partial charge in [-0.05, 0) is 24.8 Å². The van der Waals surface area contributed by atoms with E-state index in [-0.39, 0.29) is 29.8 Å². The van der Waals surface area contributed by atoms with Gasteiger partial charge in [0.2, 0.25) is 11.8 Å². The molecule has 1 heterocycles. The molecule has 0 bridgehead atoms. The van der Waals surface area contributed by atoms with Crippen LogP contribution in [0.5, 0.6) is 0 Å². The van der Waals surface area contributed by atoms with Crippen molar-refractivity contribution < 1.29 is 14.3 Å². The third kappa shape index (κ3) is 5.30. The molecular formula is C20H30N2O3. The van der Waals surface area contributed by atoms with Crippen molar-refractivity contribution in [2.45, 2.75) is 39.2 Å². The topological polar surface area (TPSA) is 58.6 Å². The Labute approximate surface area is 150 Å². The number of nitrogens with zero attached hydrogens (tertiary/aromatic N) is 1. The van der Waals surface area contributed by atoms with Crippen LogP contribution in [0.1, 0.15) is 44.8 Å². The van der Waals surface area contributed by atoms with E-state index in [4.69, 9.17) is 4.74 Å². The summed E-state index contributed by atoms with van der Waals surface area (Å²) in [6.07, 6.45) is 2.39. The van der Waals surface area contributed by atoms with Crippen molar-refractivity contribution >= 4 is 11.8 Å². The van der Waals surface area contributed by atoms with E-state index in [0.29, 0.717) is 13.1 Å². The number of amides is 2. The zero-order chi connectivity index (χ0) is 18.2. The summed E-state index contributed by atoms with van der Waals surface area (Å²) in [5, 5.41) is 3.00. The van der Waals surface area contributed by atoms with E-state index in [9.17, 15) is 9.59 Å². The first-order valence-electron chi connectivity index (χ1n) is 9.21. The third-order valence-corrected chi connectivity index (χ3v) is 5.06. The van der Waals surface area contributed by atoms with Gasteiger partial charge in [-0.2, -0.15) is 0 Å². The van der Waals surface area contributed by atoms with Crippen molar-refractivity contribution in [2.24, 2.45) is 11.8 Å². The molecule has 0 aromatic heterocycles. The van der Waals surface area contributed by atoms with Crippen molar-refractivity contribution in [3.05, 3.63) is 35.9 Å². The first-order valence-corrected chi connectivity index (χ1v) is 9.21. The highest BCUT2D eigenvalue weighted by atomic mass is 16.5. The number of ether oxygens (including phenoxy) is 1. The Balaban J connectivity index is 1.88. The van der Waals surface area contributed by atoms with Crippen LogP contribution in [0.25, 0.3) is 0 Å². The number of piperidine rings is 1. The zero-order valence-corrected chi connectivity index (χ0v) is 15.5. The van der Waals surface area contributed by atoms with E-state index in [1.807, 2.05) is 49.1 Å². The van der Waals surface area contributed by atoms with E-state index in [1.54, 1.807) is 7.11 Å². The predicted octanol–water partition coefficient (Wildman–Crippen LogP) is 2.78. The second-order valence-electron chi connectivity index (χ2n) is 6.81. The minimum atomic E-state index is -0.161. The zero-order valence-electron chi connectivity index (χ0n) is 15.5. The Hall–Kier alpha value is -1.88. The molecule has 1 saturated heterocycles. The molecule has 1 aromatic rings. The third-order valence-electron chi connectivity index (χ3n) is 5.06. The molecule has 1 aliphatic rings. The molecule has 5 nitrogen and oxygen atoms in total. The average molecular weight is 346 g/mol. The Morgan fingerprint density at radius 1 is 1.32 bits per heavy atom. The summed E-state index contributed by atoms with van der Waals surface area (Å²) < 4.78 is 5.50. The quantitative estimate of drug-likeness (QED) is 0.826. The van der Waals surface area contributed by atoms with Gasteiger partial charge < -0.3 is 15.0 Å². The van der Waals surface area contributed by atoms with Crippen molar-refractivity contribution in [2.75, 3.05) is 26.7 Å². The van der Waals surface area contributed by atoms with Gasteiger partial charge in [-0.15, -0.1) is 0 Å². The lowest BCUT2D eigenvalue weighted by molar-refractivity contribution is -0.139. The molecule has 1 aromatic carbocycles. The highest BCUT2D eigenvalue weighted by Gasteiger charge is 2.30. The number of methoxy groups -OCH3 is 1. The predicted molar refractivity (Wildman–Crippen MR) is 98.0 cm³/mol. The van der Waals surface area contributed by atoms with Crippen LogP contribution in [0.15, 0.2) is 30.3 Å². The molecule has 0 radical (unpaired) electrons. The van der Waals surface area contributed by atoms with Crippen LogP contribution in [-0.4, -0.2) is 43.5 Å². The fraction of sp³-hybridized carbons (Fsp3) is 0.600. The normalized spacial score (nSPS) is 20.0. The van der Waals surface area contributed by atoms with Crippen molar-refractivity contribution in [1.29, 1.82) is 0 Å². The standard InChI is InChI=1S/C20H30N2O3/c1-4-15(2)20(24)22-12-8-11-17(14-22)19(23)21-13-18(25-3)16-9-6-5-7-10-16/h5-7,9-10,15,17-18H,4,8,11-14H2,1-3H3,(H,21,23)/t15-,17+,18+/m0/s1. The lowest BCUT2D eigenvalue weighted by Gasteiger charge is -2.33. The number of rotatable bonds is 7. The number of likely N-dealkylation sites (tertiary alicyclic amines) is 1. The van der Waals surface area contributed by atoms with Crippen LogP contribution >= 0.6 is 0 Å². The van der Waals surface area contributed by atoms with Crippen LogP contribution in [0.2, 0.25) is 0 Å². The first kappa shape index (κ1) is 19.4. The van der Waals surface area contributed by atoms with Crippen LogP contribution in [0.4, 0.5) is 0 Å². The summed E-state index contributed by atoms with van der Waals surface area (Å²) in [6, 6.07) is 9.87. The largest absolute Gasteiger partial charge is 0.375 e. The maximum Gasteiger partial charge on any atom is 0.225 e. The molecule has 0 aliphatic carbocycles. The molecule has 0 saturated carbocycles. The molecule has 138 valence electrons. The van der Waals surface area contributed by atoms with Gasteiger partial charge in [0.1, 0.15) is 0 Å². The second kappa shape index (κ2) is 9.56. The first-order chi connectivity index (χ1) is 12.1. The van der Waals surface area contributed by atoms with Gasteiger partial charge in [-0.1, -0.05) is 44.2 Å². The van der Waals surface area contributed by atoms with E-state index < -0.39 is 0 Å². The lowest BCUT2D eigenvalue weighted by Crippen LogP contribution is -2.47. The maximum absolute atomic E-state index is 12.6. The highest BCUT2D eigenvalue weighted by Crippen LogP contribution is 2.20. The van der Waals surface area contributed by atoms with Crippen molar-refractivity contribution in [3.63, 3.8) is 0 Å². The van der Waals surface area contributed by atoms with E-state index in [0.717, 1.165) is 31.4 Å². The van der Waals surface area contributed by atoms with Gasteiger partial charge in [0.25, 0.3) is 0 Å². The molecule has 5 heteroatoms. The molecule has 25 heavy (non-hydrogen) atoms. The number of carbonyl (C=O) groups excluding carboxylic acids is 2. The molecular weight excluding hydrogens is 316 g/mol. The van der Waals surface area contributed by atoms with Gasteiger partial charge in [0, 0.05) is 32.7 Å². The number of carbonyl (C=O) groups is 2. The molecule has 1 aliphatic heterocycles. The minimum absolute atomic E-state index is 0.0135. The van der Waals surface area contributed by atoms with Gasteiger partial charge in [0.05, 0.1) is 12.0 Å². The molecule has 3 atom stereocenters. The fourth-order valence-electron chi connectivity index (χ4n) is 3.22. The van der Waals surface area contributed by atoms with Gasteiger partial charge >= 0.3 is 0 Å². The summed E-state index contributed by atoms with van der Waals surface area (Å²) in [5.74, 6) is 0.0754. The average Bonchev–Trinajstić information content (AvgIpc) is 2.68. The van der Waals surface area contributed by atoms with E-state index in [2.05, 4.69) is 5.32 Å². The second-order valence-corrected chi connectivity index (χ2v) is 6.81. The molecule has 0 unspecified atom stereocenters. The van der Waals surface area contributed by atoms with Crippen LogP contribution in [0.3, 0.4) is 0 Å². The smallest absolute Gasteiger partial charge is 0.225 e. The summed E-state index contributed by atoms with van der Waals surface area (Å²) in [5.41, 5.74) is 1.04. The molecule has 1 fully saturated rings. The van der Waals surface area contributed by atoms with Gasteiger partial charge in [0.15, 0.2) is 0 Å². The van der Waals surface area contributed by atoms with Crippen molar-refractivity contribution in [3.8, 4) is 0 Å². The van der Waals surface area contributed by atoms with Gasteiger partial charge in [-0.25, -0.2) is 0 Å². The Morgan fingerprint density at radius 2 is 2.04 bits per heavy atom. The maximum atomic E-state index is 12.6. The lowest BCUT2D eigenvalue weighted by atomic mass is 9.95. The molecule has 0 spiro atoms. The Kier molecular flexibility index (Phi) is 7.44.